The van der Waals surface area contributed by atoms with Crippen LogP contribution < -0.4 is 4.90 Å². The van der Waals surface area contributed by atoms with E-state index < -0.39 is 17.9 Å². The summed E-state index contributed by atoms with van der Waals surface area (Å²) in [4.78, 5) is 34.7. The second-order valence-electron chi connectivity index (χ2n) is 4.18. The van der Waals surface area contributed by atoms with Crippen molar-refractivity contribution in [3.63, 3.8) is 0 Å². The topological polar surface area (TPSA) is 93.1 Å². The van der Waals surface area contributed by atoms with Crippen molar-refractivity contribution < 1.29 is 29.0 Å². The third kappa shape index (κ3) is 6.56. The van der Waals surface area contributed by atoms with Gasteiger partial charge in [-0.15, -0.1) is 0 Å². The molecule has 1 N–H and O–H groups in total. The Balaban J connectivity index is 2.48. The van der Waals surface area contributed by atoms with E-state index in [1.54, 1.807) is 30.3 Å². The summed E-state index contributed by atoms with van der Waals surface area (Å²) in [6, 6.07) is 8.66. The maximum absolute atomic E-state index is 11.7. The van der Waals surface area contributed by atoms with E-state index >= 15 is 0 Å². The number of nitrogens with zero attached hydrogens (tertiary/aromatic N) is 1. The van der Waals surface area contributed by atoms with Crippen molar-refractivity contribution in [1.82, 2.24) is 0 Å². The van der Waals surface area contributed by atoms with Crippen LogP contribution in [0, 0.1) is 0 Å². The highest BCUT2D eigenvalue weighted by atomic mass is 16.6. The summed E-state index contributed by atoms with van der Waals surface area (Å²) >= 11 is 0. The molecule has 0 saturated heterocycles. The van der Waals surface area contributed by atoms with Crippen LogP contribution in [-0.4, -0.2) is 49.3 Å². The van der Waals surface area contributed by atoms with E-state index in [-0.39, 0.29) is 26.3 Å². The number of anilines is 1. The molecule has 0 heterocycles. The van der Waals surface area contributed by atoms with Crippen LogP contribution in [0.2, 0.25) is 0 Å². The number of ether oxygens (including phenoxy) is 2. The molecule has 0 bridgehead atoms. The lowest BCUT2D eigenvalue weighted by atomic mass is 10.3. The van der Waals surface area contributed by atoms with Crippen LogP contribution in [0.1, 0.15) is 0 Å². The summed E-state index contributed by atoms with van der Waals surface area (Å²) in [5.74, 6) is -2.27. The lowest BCUT2D eigenvalue weighted by molar-refractivity contribution is -0.148. The maximum atomic E-state index is 11.7. The molecule has 0 saturated carbocycles. The molecule has 0 aliphatic carbocycles. The number of carbonyl (C=O) groups is 3. The van der Waals surface area contributed by atoms with Crippen LogP contribution in [0.4, 0.5) is 5.69 Å². The Bertz CT molecular complexity index is 528. The van der Waals surface area contributed by atoms with Crippen molar-refractivity contribution in [1.29, 1.82) is 0 Å². The van der Waals surface area contributed by atoms with Crippen molar-refractivity contribution in [2.75, 3.05) is 31.2 Å². The van der Waals surface area contributed by atoms with Crippen LogP contribution >= 0.6 is 0 Å². The number of para-hydroxylation sites is 1. The van der Waals surface area contributed by atoms with Gasteiger partial charge in [0.2, 0.25) is 0 Å². The van der Waals surface area contributed by atoms with E-state index in [0.717, 1.165) is 6.08 Å². The molecule has 0 radical (unpaired) electrons. The number of hydrogen-bond donors (Lipinski definition) is 1. The first kappa shape index (κ1) is 17.2. The summed E-state index contributed by atoms with van der Waals surface area (Å²) in [6.07, 6.45) is 1.01. The van der Waals surface area contributed by atoms with Gasteiger partial charge in [0, 0.05) is 11.8 Å². The van der Waals surface area contributed by atoms with Gasteiger partial charge in [-0.3, -0.25) is 9.59 Å². The predicted molar refractivity (Wildman–Crippen MR) is 78.4 cm³/mol. The molecule has 7 nitrogen and oxygen atoms in total. The molecule has 7 heteroatoms. The van der Waals surface area contributed by atoms with Gasteiger partial charge >= 0.3 is 17.9 Å². The quantitative estimate of drug-likeness (QED) is 0.410. The summed E-state index contributed by atoms with van der Waals surface area (Å²) in [6.45, 7) is 2.50. The predicted octanol–water partition coefficient (Wildman–Crippen LogP) is 0.850. The number of hydrogen-bond acceptors (Lipinski definition) is 6. The Morgan fingerprint density at radius 2 is 1.73 bits per heavy atom. The number of esters is 2. The summed E-state index contributed by atoms with van der Waals surface area (Å²) in [5, 5.41) is 8.90. The normalized spacial score (nSPS) is 9.64. The fraction of sp³-hybridized carbons (Fsp3) is 0.267. The van der Waals surface area contributed by atoms with Gasteiger partial charge in [-0.05, 0) is 12.1 Å². The molecule has 0 aliphatic rings. The van der Waals surface area contributed by atoms with Crippen molar-refractivity contribution in [3.8, 4) is 0 Å². The van der Waals surface area contributed by atoms with Crippen LogP contribution in [0.3, 0.4) is 0 Å². The number of benzene rings is 1. The molecule has 118 valence electrons. The molecule has 0 fully saturated rings. The van der Waals surface area contributed by atoms with E-state index in [0.29, 0.717) is 5.69 Å². The summed E-state index contributed by atoms with van der Waals surface area (Å²) < 4.78 is 9.54. The molecular weight excluding hydrogens is 290 g/mol. The Morgan fingerprint density at radius 1 is 1.09 bits per heavy atom. The van der Waals surface area contributed by atoms with Gasteiger partial charge in [0.15, 0.2) is 0 Å². The second-order valence-corrected chi connectivity index (χ2v) is 4.18. The minimum Gasteiger partial charge on any atom is -0.480 e. The van der Waals surface area contributed by atoms with Gasteiger partial charge in [-0.25, -0.2) is 4.79 Å². The van der Waals surface area contributed by atoms with Crippen molar-refractivity contribution in [3.05, 3.63) is 43.0 Å². The maximum Gasteiger partial charge on any atom is 0.330 e. The van der Waals surface area contributed by atoms with Gasteiger partial charge in [0.05, 0.1) is 0 Å². The van der Waals surface area contributed by atoms with Crippen molar-refractivity contribution in [2.45, 2.75) is 0 Å². The average Bonchev–Trinajstić information content (AvgIpc) is 2.51. The first-order valence-electron chi connectivity index (χ1n) is 6.49. The molecule has 0 atom stereocenters. The van der Waals surface area contributed by atoms with Crippen LogP contribution in [0.5, 0.6) is 0 Å². The number of rotatable bonds is 9. The van der Waals surface area contributed by atoms with Gasteiger partial charge in [-0.1, -0.05) is 24.8 Å². The zero-order valence-electron chi connectivity index (χ0n) is 11.9. The minimum absolute atomic E-state index is 0.0825. The van der Waals surface area contributed by atoms with E-state index in [4.69, 9.17) is 9.84 Å². The SMILES string of the molecule is C=CC(=O)OCCOC(=O)CN(CC(=O)O)c1ccccc1. The highest BCUT2D eigenvalue weighted by molar-refractivity contribution is 5.81. The average molecular weight is 307 g/mol. The Morgan fingerprint density at radius 3 is 2.32 bits per heavy atom. The van der Waals surface area contributed by atoms with E-state index in [1.165, 1.54) is 4.90 Å². The Hall–Kier alpha value is -2.83. The zero-order valence-corrected chi connectivity index (χ0v) is 11.9. The molecule has 0 aliphatic heterocycles. The molecule has 0 spiro atoms. The first-order valence-corrected chi connectivity index (χ1v) is 6.49. The molecule has 0 amide bonds. The lowest BCUT2D eigenvalue weighted by Crippen LogP contribution is -2.35. The third-order valence-electron chi connectivity index (χ3n) is 2.52. The zero-order chi connectivity index (χ0) is 16.4. The molecule has 0 aromatic heterocycles. The van der Waals surface area contributed by atoms with Crippen LogP contribution in [-0.2, 0) is 23.9 Å². The smallest absolute Gasteiger partial charge is 0.330 e. The molecule has 22 heavy (non-hydrogen) atoms. The molecular formula is C15H17NO6. The fourth-order valence-corrected chi connectivity index (χ4v) is 1.60. The van der Waals surface area contributed by atoms with Gasteiger partial charge in [0.1, 0.15) is 26.3 Å². The number of carboxylic acids is 1. The molecule has 1 aromatic rings. The first-order chi connectivity index (χ1) is 10.5. The van der Waals surface area contributed by atoms with Crippen LogP contribution in [0.15, 0.2) is 43.0 Å². The van der Waals surface area contributed by atoms with Crippen LogP contribution in [0.25, 0.3) is 0 Å². The number of carbonyl (C=O) groups excluding carboxylic acids is 2. The standard InChI is InChI=1S/C15H17NO6/c1-2-14(19)21-8-9-22-15(20)11-16(10-13(17)18)12-6-4-3-5-7-12/h2-7H,1,8-11H2,(H,17,18). The largest absolute Gasteiger partial charge is 0.480 e. The second kappa shape index (κ2) is 9.17. The Kier molecular flexibility index (Phi) is 7.18. The lowest BCUT2D eigenvalue weighted by Gasteiger charge is -2.21. The molecule has 1 aromatic carbocycles. The van der Waals surface area contributed by atoms with Gasteiger partial charge in [-0.2, -0.15) is 0 Å². The molecule has 1 rings (SSSR count). The van der Waals surface area contributed by atoms with E-state index in [9.17, 15) is 14.4 Å². The number of aliphatic carboxylic acids is 1. The van der Waals surface area contributed by atoms with Gasteiger partial charge < -0.3 is 19.5 Å². The summed E-state index contributed by atoms with van der Waals surface area (Å²) in [5.41, 5.74) is 0.597. The van der Waals surface area contributed by atoms with Gasteiger partial charge in [0.25, 0.3) is 0 Å². The monoisotopic (exact) mass is 307 g/mol. The van der Waals surface area contributed by atoms with Crippen molar-refractivity contribution >= 4 is 23.6 Å². The van der Waals surface area contributed by atoms with E-state index in [1.807, 2.05) is 0 Å². The summed E-state index contributed by atoms with van der Waals surface area (Å²) in [7, 11) is 0. The highest BCUT2D eigenvalue weighted by Crippen LogP contribution is 2.12. The minimum atomic E-state index is -1.06. The fourth-order valence-electron chi connectivity index (χ4n) is 1.60. The van der Waals surface area contributed by atoms with Crippen molar-refractivity contribution in [2.24, 2.45) is 0 Å². The number of carboxylic acid groups (broad SMARTS) is 1. The van der Waals surface area contributed by atoms with E-state index in [2.05, 4.69) is 11.3 Å². The highest BCUT2D eigenvalue weighted by Gasteiger charge is 2.15. The third-order valence-corrected chi connectivity index (χ3v) is 2.52. The Labute approximate surface area is 127 Å². The molecule has 0 unspecified atom stereocenters.